The van der Waals surface area contributed by atoms with E-state index in [0.29, 0.717) is 31.7 Å². The van der Waals surface area contributed by atoms with Gasteiger partial charge >= 0.3 is 6.18 Å². The molecular weight excluding hydrogens is 620 g/mol. The molecule has 9 nitrogen and oxygen atoms in total. The zero-order chi connectivity index (χ0) is 36.7. The summed E-state index contributed by atoms with van der Waals surface area (Å²) < 4.78 is 54.2. The molecule has 0 aliphatic heterocycles. The first-order valence-electron chi connectivity index (χ1n) is 15.7. The lowest BCUT2D eigenvalue weighted by Gasteiger charge is -2.18. The molecule has 0 fully saturated rings. The molecule has 2 aromatic carbocycles. The first-order chi connectivity index (χ1) is 22.3. The van der Waals surface area contributed by atoms with Crippen molar-refractivity contribution in [3.8, 4) is 5.75 Å². The number of benzene rings is 2. The van der Waals surface area contributed by atoms with E-state index in [4.69, 9.17) is 9.84 Å². The highest BCUT2D eigenvalue weighted by atomic mass is 19.4. The fourth-order valence-electron chi connectivity index (χ4n) is 3.59. The van der Waals surface area contributed by atoms with Crippen LogP contribution in [0.3, 0.4) is 0 Å². The van der Waals surface area contributed by atoms with Crippen molar-refractivity contribution in [1.29, 1.82) is 0 Å². The summed E-state index contributed by atoms with van der Waals surface area (Å²) in [6.07, 6.45) is 0.819. The van der Waals surface area contributed by atoms with E-state index in [2.05, 4.69) is 21.7 Å². The zero-order valence-electron chi connectivity index (χ0n) is 28.9. The normalized spacial score (nSPS) is 10.5. The first-order valence-corrected chi connectivity index (χ1v) is 15.7. The molecule has 0 saturated heterocycles. The molecule has 2 aromatic rings. The number of aliphatic hydroxyl groups excluding tert-OH is 1. The molecule has 0 bridgehead atoms. The fourth-order valence-corrected chi connectivity index (χ4v) is 3.59. The molecule has 0 aliphatic rings. The third kappa shape index (κ3) is 29.4. The largest absolute Gasteiger partial charge is 0.493 e. The van der Waals surface area contributed by atoms with Gasteiger partial charge in [-0.3, -0.25) is 14.4 Å². The molecule has 0 heterocycles. The van der Waals surface area contributed by atoms with E-state index in [1.165, 1.54) is 31.2 Å². The number of hydrogen-bond donors (Lipinski definition) is 5. The van der Waals surface area contributed by atoms with Crippen LogP contribution in [0.15, 0.2) is 48.5 Å². The van der Waals surface area contributed by atoms with Crippen LogP contribution in [0.25, 0.3) is 0 Å². The summed E-state index contributed by atoms with van der Waals surface area (Å²) in [4.78, 5) is 33.6. The predicted octanol–water partition coefficient (Wildman–Crippen LogP) is 5.92. The lowest BCUT2D eigenvalue weighted by molar-refractivity contribution is -0.137. The Balaban J connectivity index is -0.000000878. The molecular formula is C34H56F4N4O5. The van der Waals surface area contributed by atoms with Gasteiger partial charge in [-0.2, -0.15) is 13.2 Å². The lowest BCUT2D eigenvalue weighted by Crippen LogP contribution is -2.47. The number of amides is 3. The number of carbonyl (C=O) groups excluding carboxylic acids is 3. The first kappa shape index (κ1) is 47.7. The standard InChI is InChI=1S/C22H36FN3O3.C7H5F3.C2H5NO.C2H6.CH4O/c1-4-9-20(22(28)25-12-8-11-24-3)26-21(27)10-6-5-7-13-29-19-15-17(2)14-18(23)16-19;8-7(9,10)6-4-2-1-3-5-6;1-2(3)4;2*1-2/h14-16,20,24H,4-13H2,1-3H3,(H,25,28)(H,26,27);1-5H;1H3,(H2,3,4);1-2H3;2H,1H3. The minimum atomic E-state index is -4.21. The van der Waals surface area contributed by atoms with Gasteiger partial charge in [0.15, 0.2) is 0 Å². The second-order valence-corrected chi connectivity index (χ2v) is 9.75. The molecule has 3 amide bonds. The van der Waals surface area contributed by atoms with Crippen molar-refractivity contribution < 1.29 is 41.8 Å². The Hall–Kier alpha value is -3.71. The SMILES string of the molecule is CC.CC(N)=O.CCCC(NC(=O)CCCCCOc1cc(C)cc(F)c1)C(=O)NCCCNC.CO.FC(F)(F)c1ccccc1. The van der Waals surface area contributed by atoms with Crippen molar-refractivity contribution in [2.24, 2.45) is 5.73 Å². The molecule has 2 rings (SSSR count). The maximum Gasteiger partial charge on any atom is 0.416 e. The van der Waals surface area contributed by atoms with Crippen LogP contribution in [0.4, 0.5) is 17.6 Å². The van der Waals surface area contributed by atoms with E-state index in [1.807, 2.05) is 34.7 Å². The minimum Gasteiger partial charge on any atom is -0.493 e. The van der Waals surface area contributed by atoms with E-state index in [1.54, 1.807) is 12.1 Å². The second kappa shape index (κ2) is 30.9. The second-order valence-electron chi connectivity index (χ2n) is 9.75. The summed E-state index contributed by atoms with van der Waals surface area (Å²) in [6.45, 7) is 11.0. The number of alkyl halides is 3. The molecule has 6 N–H and O–H groups in total. The van der Waals surface area contributed by atoms with Crippen LogP contribution < -0.4 is 26.4 Å². The van der Waals surface area contributed by atoms with Gasteiger partial charge in [0.2, 0.25) is 17.7 Å². The van der Waals surface area contributed by atoms with Gasteiger partial charge in [0.1, 0.15) is 17.6 Å². The molecule has 0 aromatic heterocycles. The van der Waals surface area contributed by atoms with Crippen LogP contribution in [0.2, 0.25) is 0 Å². The summed E-state index contributed by atoms with van der Waals surface area (Å²) in [7, 11) is 2.87. The minimum absolute atomic E-state index is 0.101. The monoisotopic (exact) mass is 676 g/mol. The number of primary amides is 1. The lowest BCUT2D eigenvalue weighted by atomic mass is 10.1. The maximum atomic E-state index is 13.3. The fraction of sp³-hybridized carbons (Fsp3) is 0.559. The Kier molecular flexibility index (Phi) is 31.4. The van der Waals surface area contributed by atoms with Crippen molar-refractivity contribution in [1.82, 2.24) is 16.0 Å². The Morgan fingerprint density at radius 3 is 2.04 bits per heavy atom. The average Bonchev–Trinajstić information content (AvgIpc) is 3.02. The molecule has 270 valence electrons. The van der Waals surface area contributed by atoms with Crippen LogP contribution >= 0.6 is 0 Å². The maximum absolute atomic E-state index is 13.3. The molecule has 1 unspecified atom stereocenters. The number of nitrogens with one attached hydrogen (secondary N) is 3. The van der Waals surface area contributed by atoms with Crippen molar-refractivity contribution in [3.63, 3.8) is 0 Å². The summed E-state index contributed by atoms with van der Waals surface area (Å²) in [5.41, 5.74) is 4.69. The molecule has 1 atom stereocenters. The third-order valence-electron chi connectivity index (χ3n) is 5.57. The van der Waals surface area contributed by atoms with Crippen LogP contribution in [0.1, 0.15) is 83.8 Å². The van der Waals surface area contributed by atoms with Gasteiger partial charge < -0.3 is 31.5 Å². The van der Waals surface area contributed by atoms with Crippen LogP contribution in [0.5, 0.6) is 5.75 Å². The number of nitrogens with two attached hydrogens (primary N) is 1. The highest BCUT2D eigenvalue weighted by molar-refractivity contribution is 5.87. The number of aliphatic hydroxyl groups is 1. The number of ether oxygens (including phenoxy) is 1. The number of unbranched alkanes of at least 4 members (excludes halogenated alkanes) is 2. The van der Waals surface area contributed by atoms with Gasteiger partial charge in [-0.1, -0.05) is 57.5 Å². The number of halogens is 4. The van der Waals surface area contributed by atoms with E-state index in [-0.39, 0.29) is 23.5 Å². The van der Waals surface area contributed by atoms with Crippen molar-refractivity contribution in [3.05, 3.63) is 65.5 Å². The average molecular weight is 677 g/mol. The van der Waals surface area contributed by atoms with Gasteiger partial charge in [0, 0.05) is 33.1 Å². The van der Waals surface area contributed by atoms with Gasteiger partial charge in [-0.05, 0) is 70.3 Å². The molecule has 13 heteroatoms. The third-order valence-corrected chi connectivity index (χ3v) is 5.57. The van der Waals surface area contributed by atoms with Crippen LogP contribution in [-0.2, 0) is 20.6 Å². The summed E-state index contributed by atoms with van der Waals surface area (Å²) >= 11 is 0. The van der Waals surface area contributed by atoms with E-state index >= 15 is 0 Å². The number of rotatable bonds is 15. The van der Waals surface area contributed by atoms with Gasteiger partial charge in [0.05, 0.1) is 12.2 Å². The van der Waals surface area contributed by atoms with E-state index in [9.17, 15) is 31.9 Å². The van der Waals surface area contributed by atoms with Crippen LogP contribution in [-0.4, -0.2) is 62.7 Å². The van der Waals surface area contributed by atoms with Crippen molar-refractivity contribution in [2.45, 2.75) is 91.8 Å². The Morgan fingerprint density at radius 1 is 0.957 bits per heavy atom. The van der Waals surface area contributed by atoms with Gasteiger partial charge in [-0.15, -0.1) is 0 Å². The summed E-state index contributed by atoms with van der Waals surface area (Å²) in [6, 6.07) is 10.5. The predicted molar refractivity (Wildman–Crippen MR) is 179 cm³/mol. The summed E-state index contributed by atoms with van der Waals surface area (Å²) in [5.74, 6) is -0.321. The molecule has 0 radical (unpaired) electrons. The molecule has 0 saturated carbocycles. The number of carbonyl (C=O) groups is 3. The summed E-state index contributed by atoms with van der Waals surface area (Å²) in [5, 5.41) is 15.8. The molecule has 0 spiro atoms. The van der Waals surface area contributed by atoms with E-state index < -0.39 is 17.8 Å². The zero-order valence-corrected chi connectivity index (χ0v) is 28.9. The number of aryl methyl sites for hydroxylation is 1. The van der Waals surface area contributed by atoms with Gasteiger partial charge in [0.25, 0.3) is 0 Å². The van der Waals surface area contributed by atoms with E-state index in [0.717, 1.165) is 63.5 Å². The van der Waals surface area contributed by atoms with Crippen LogP contribution in [0, 0.1) is 12.7 Å². The van der Waals surface area contributed by atoms with Gasteiger partial charge in [-0.25, -0.2) is 4.39 Å². The Labute approximate surface area is 278 Å². The highest BCUT2D eigenvalue weighted by Crippen LogP contribution is 2.28. The van der Waals surface area contributed by atoms with Crippen molar-refractivity contribution in [2.75, 3.05) is 33.9 Å². The highest BCUT2D eigenvalue weighted by Gasteiger charge is 2.29. The quantitative estimate of drug-likeness (QED) is 0.117. The Bertz CT molecular complexity index is 1050. The topological polar surface area (TPSA) is 143 Å². The number of hydrogen-bond acceptors (Lipinski definition) is 6. The smallest absolute Gasteiger partial charge is 0.416 e. The Morgan fingerprint density at radius 2 is 1.55 bits per heavy atom. The van der Waals surface area contributed by atoms with Crippen molar-refractivity contribution >= 4 is 17.7 Å². The molecule has 0 aliphatic carbocycles. The molecule has 47 heavy (non-hydrogen) atoms.